The quantitative estimate of drug-likeness (QED) is 0.229. The summed E-state index contributed by atoms with van der Waals surface area (Å²) in [6.45, 7) is 13.6. The third-order valence-corrected chi connectivity index (χ3v) is 7.01. The second kappa shape index (κ2) is 16.3. The summed E-state index contributed by atoms with van der Waals surface area (Å²) in [4.78, 5) is 2.69. The van der Waals surface area contributed by atoms with E-state index in [-0.39, 0.29) is 0 Å². The summed E-state index contributed by atoms with van der Waals surface area (Å²) in [5.41, 5.74) is 8.32. The zero-order chi connectivity index (χ0) is 26.3. The van der Waals surface area contributed by atoms with E-state index in [1.165, 1.54) is 40.0 Å². The standard InChI is InChI=1S/C34H47NO2/c1-5-24-35(25-6-2)34-32(30(22-26-36-7-3)28-16-11-9-12-17-28)20-15-21-33(34)31(23-27-37-8-4)29-18-13-10-14-19-29/h9-14,16-19,22-23,32H,5-8,15,20-21,24-27H2,1-4H3/b30-22-,31-23+. The van der Waals surface area contributed by atoms with E-state index in [0.717, 1.165) is 52.0 Å². The summed E-state index contributed by atoms with van der Waals surface area (Å²) < 4.78 is 11.7. The molecular formula is C34H47NO2. The smallest absolute Gasteiger partial charge is 0.0656 e. The number of ether oxygens (including phenoxy) is 2. The monoisotopic (exact) mass is 501 g/mol. The highest BCUT2D eigenvalue weighted by molar-refractivity contribution is 5.82. The Morgan fingerprint density at radius 2 is 1.35 bits per heavy atom. The van der Waals surface area contributed by atoms with Crippen molar-refractivity contribution >= 4 is 11.1 Å². The molecule has 0 heterocycles. The summed E-state index contributed by atoms with van der Waals surface area (Å²) >= 11 is 0. The number of rotatable bonds is 15. The van der Waals surface area contributed by atoms with E-state index < -0.39 is 0 Å². The first-order valence-electron chi connectivity index (χ1n) is 14.4. The van der Waals surface area contributed by atoms with Gasteiger partial charge in [0.05, 0.1) is 13.2 Å². The van der Waals surface area contributed by atoms with E-state index >= 15 is 0 Å². The fraction of sp³-hybridized carbons (Fsp3) is 0.471. The highest BCUT2D eigenvalue weighted by atomic mass is 16.5. The van der Waals surface area contributed by atoms with E-state index in [2.05, 4.69) is 105 Å². The van der Waals surface area contributed by atoms with Crippen LogP contribution in [0.1, 0.15) is 70.9 Å². The molecule has 3 rings (SSSR count). The molecule has 0 saturated heterocycles. The zero-order valence-electron chi connectivity index (χ0n) is 23.5. The maximum absolute atomic E-state index is 5.84. The molecule has 0 amide bonds. The van der Waals surface area contributed by atoms with Gasteiger partial charge in [-0.3, -0.25) is 0 Å². The third-order valence-electron chi connectivity index (χ3n) is 7.01. The van der Waals surface area contributed by atoms with Gasteiger partial charge in [0.1, 0.15) is 0 Å². The molecule has 3 nitrogen and oxygen atoms in total. The Kier molecular flexibility index (Phi) is 12.7. The summed E-state index contributed by atoms with van der Waals surface area (Å²) in [5, 5.41) is 0. The van der Waals surface area contributed by atoms with Crippen molar-refractivity contribution in [1.82, 2.24) is 4.90 Å². The first kappa shape index (κ1) is 28.9. The molecule has 2 aromatic rings. The topological polar surface area (TPSA) is 21.7 Å². The largest absolute Gasteiger partial charge is 0.378 e. The predicted molar refractivity (Wildman–Crippen MR) is 158 cm³/mol. The molecule has 0 fully saturated rings. The van der Waals surface area contributed by atoms with E-state index in [9.17, 15) is 0 Å². The van der Waals surface area contributed by atoms with Crippen molar-refractivity contribution in [3.05, 3.63) is 95.2 Å². The van der Waals surface area contributed by atoms with Crippen molar-refractivity contribution in [2.45, 2.75) is 59.8 Å². The van der Waals surface area contributed by atoms with Crippen LogP contribution in [0.5, 0.6) is 0 Å². The van der Waals surface area contributed by atoms with Crippen molar-refractivity contribution < 1.29 is 9.47 Å². The van der Waals surface area contributed by atoms with E-state index in [1.807, 2.05) is 0 Å². The van der Waals surface area contributed by atoms with Gasteiger partial charge in [-0.15, -0.1) is 0 Å². The van der Waals surface area contributed by atoms with Gasteiger partial charge in [-0.1, -0.05) is 86.7 Å². The van der Waals surface area contributed by atoms with Gasteiger partial charge < -0.3 is 14.4 Å². The molecule has 0 N–H and O–H groups in total. The van der Waals surface area contributed by atoms with Crippen LogP contribution in [0.4, 0.5) is 0 Å². The lowest BCUT2D eigenvalue weighted by atomic mass is 9.76. The highest BCUT2D eigenvalue weighted by Crippen LogP contribution is 2.45. The number of hydrogen-bond acceptors (Lipinski definition) is 3. The lowest BCUT2D eigenvalue weighted by Crippen LogP contribution is -2.33. The van der Waals surface area contributed by atoms with E-state index in [4.69, 9.17) is 9.47 Å². The Labute approximate surface area is 225 Å². The fourth-order valence-corrected chi connectivity index (χ4v) is 5.49. The lowest BCUT2D eigenvalue weighted by molar-refractivity contribution is 0.177. The summed E-state index contributed by atoms with van der Waals surface area (Å²) in [5.74, 6) is 0.337. The fourth-order valence-electron chi connectivity index (χ4n) is 5.49. The molecule has 1 unspecified atom stereocenters. The molecule has 2 aromatic carbocycles. The normalized spacial score (nSPS) is 16.8. The van der Waals surface area contributed by atoms with Gasteiger partial charge in [0.15, 0.2) is 0 Å². The molecule has 37 heavy (non-hydrogen) atoms. The minimum Gasteiger partial charge on any atom is -0.378 e. The Balaban J connectivity index is 2.24. The van der Waals surface area contributed by atoms with Crippen LogP contribution < -0.4 is 0 Å². The predicted octanol–water partition coefficient (Wildman–Crippen LogP) is 8.40. The number of hydrogen-bond donors (Lipinski definition) is 0. The lowest BCUT2D eigenvalue weighted by Gasteiger charge is -2.39. The summed E-state index contributed by atoms with van der Waals surface area (Å²) in [6, 6.07) is 21.8. The molecule has 1 aliphatic rings. The van der Waals surface area contributed by atoms with Crippen molar-refractivity contribution in [2.24, 2.45) is 5.92 Å². The molecule has 0 spiro atoms. The van der Waals surface area contributed by atoms with Crippen LogP contribution >= 0.6 is 0 Å². The molecule has 0 radical (unpaired) electrons. The van der Waals surface area contributed by atoms with Gasteiger partial charge in [-0.05, 0) is 73.8 Å². The molecule has 0 bridgehead atoms. The molecule has 0 aliphatic heterocycles. The van der Waals surface area contributed by atoms with Crippen molar-refractivity contribution in [3.8, 4) is 0 Å². The maximum atomic E-state index is 5.84. The van der Waals surface area contributed by atoms with Gasteiger partial charge in [-0.2, -0.15) is 0 Å². The molecule has 0 saturated carbocycles. The first-order valence-corrected chi connectivity index (χ1v) is 14.4. The summed E-state index contributed by atoms with van der Waals surface area (Å²) in [7, 11) is 0. The van der Waals surface area contributed by atoms with Crippen molar-refractivity contribution in [3.63, 3.8) is 0 Å². The average Bonchev–Trinajstić information content (AvgIpc) is 2.94. The molecular weight excluding hydrogens is 454 g/mol. The van der Waals surface area contributed by atoms with E-state index in [1.54, 1.807) is 0 Å². The molecule has 1 aliphatic carbocycles. The number of benzene rings is 2. The van der Waals surface area contributed by atoms with Crippen LogP contribution in [-0.2, 0) is 9.47 Å². The van der Waals surface area contributed by atoms with Crippen LogP contribution in [0.2, 0.25) is 0 Å². The van der Waals surface area contributed by atoms with Crippen LogP contribution in [0.3, 0.4) is 0 Å². The minimum absolute atomic E-state index is 0.337. The zero-order valence-corrected chi connectivity index (χ0v) is 23.5. The Morgan fingerprint density at radius 3 is 1.92 bits per heavy atom. The average molecular weight is 502 g/mol. The number of allylic oxidation sites excluding steroid dienone is 3. The first-order chi connectivity index (χ1) is 18.2. The molecule has 1 atom stereocenters. The van der Waals surface area contributed by atoms with Gasteiger partial charge in [0.25, 0.3) is 0 Å². The molecule has 3 heteroatoms. The van der Waals surface area contributed by atoms with E-state index in [0.29, 0.717) is 19.1 Å². The Morgan fingerprint density at radius 1 is 0.784 bits per heavy atom. The third kappa shape index (κ3) is 8.18. The van der Waals surface area contributed by atoms with Gasteiger partial charge in [0, 0.05) is 37.9 Å². The second-order valence-electron chi connectivity index (χ2n) is 9.62. The van der Waals surface area contributed by atoms with Crippen LogP contribution in [0.25, 0.3) is 11.1 Å². The van der Waals surface area contributed by atoms with Crippen LogP contribution in [0, 0.1) is 5.92 Å². The van der Waals surface area contributed by atoms with Crippen molar-refractivity contribution in [1.29, 1.82) is 0 Å². The van der Waals surface area contributed by atoms with Gasteiger partial charge in [-0.25, -0.2) is 0 Å². The molecule has 0 aromatic heterocycles. The Bertz CT molecular complexity index is 1000. The van der Waals surface area contributed by atoms with Crippen LogP contribution in [0.15, 0.2) is 84.1 Å². The Hall–Kier alpha value is -2.62. The van der Waals surface area contributed by atoms with Crippen molar-refractivity contribution in [2.75, 3.05) is 39.5 Å². The number of nitrogens with zero attached hydrogens (tertiary/aromatic N) is 1. The SMILES string of the molecule is CCCN(CCC)C1=C(/C(=C/COCC)c2ccccc2)CCCC1/C(=C\COCC)c1ccccc1. The summed E-state index contributed by atoms with van der Waals surface area (Å²) in [6.07, 6.45) is 10.4. The van der Waals surface area contributed by atoms with Gasteiger partial charge >= 0.3 is 0 Å². The molecule has 200 valence electrons. The van der Waals surface area contributed by atoms with Crippen LogP contribution in [-0.4, -0.2) is 44.4 Å². The van der Waals surface area contributed by atoms with Gasteiger partial charge in [0.2, 0.25) is 0 Å². The maximum Gasteiger partial charge on any atom is 0.0656 e. The highest BCUT2D eigenvalue weighted by Gasteiger charge is 2.31. The minimum atomic E-state index is 0.337. The second-order valence-corrected chi connectivity index (χ2v) is 9.62.